The van der Waals surface area contributed by atoms with Gasteiger partial charge in [0, 0.05) is 6.07 Å². The lowest BCUT2D eigenvalue weighted by atomic mass is 10.1. The average molecular weight is 266 g/mol. The van der Waals surface area contributed by atoms with E-state index in [1.54, 1.807) is 29.1 Å². The summed E-state index contributed by atoms with van der Waals surface area (Å²) in [5.74, 6) is -1.00. The van der Waals surface area contributed by atoms with Gasteiger partial charge in [0.25, 0.3) is 0 Å². The number of aromatic nitrogens is 2. The molecule has 0 spiro atoms. The number of nitrogens with zero attached hydrogens (tertiary/aromatic N) is 3. The molecular formula is C15H12N3O2+. The minimum Gasteiger partial charge on any atom is -0.476 e. The van der Waals surface area contributed by atoms with Gasteiger partial charge in [-0.15, -0.1) is 4.52 Å². The fourth-order valence-electron chi connectivity index (χ4n) is 2.67. The van der Waals surface area contributed by atoms with E-state index in [9.17, 15) is 15.2 Å². The first-order valence-electron chi connectivity index (χ1n) is 6.15. The first-order chi connectivity index (χ1) is 9.56. The topological polar surface area (TPSA) is 69.6 Å². The van der Waals surface area contributed by atoms with E-state index < -0.39 is 5.97 Å². The van der Waals surface area contributed by atoms with Crippen LogP contribution in [0, 0.1) is 25.2 Å². The Morgan fingerprint density at radius 3 is 2.70 bits per heavy atom. The summed E-state index contributed by atoms with van der Waals surface area (Å²) in [6.07, 6.45) is 1.78. The van der Waals surface area contributed by atoms with Crippen LogP contribution in [0.4, 0.5) is 0 Å². The zero-order chi connectivity index (χ0) is 14.4. The van der Waals surface area contributed by atoms with Gasteiger partial charge >= 0.3 is 5.97 Å². The molecule has 1 aromatic carbocycles. The van der Waals surface area contributed by atoms with Gasteiger partial charge in [0.05, 0.1) is 22.2 Å². The molecule has 2 heterocycles. The van der Waals surface area contributed by atoms with Crippen LogP contribution in [0.1, 0.15) is 27.3 Å². The van der Waals surface area contributed by atoms with E-state index in [-0.39, 0.29) is 5.69 Å². The Bertz CT molecular complexity index is 916. The van der Waals surface area contributed by atoms with Crippen molar-refractivity contribution in [2.75, 3.05) is 0 Å². The van der Waals surface area contributed by atoms with Crippen molar-refractivity contribution in [3.8, 4) is 6.07 Å². The fraction of sp³-hybridized carbons (Fsp3) is 0.133. The molecule has 0 aliphatic heterocycles. The Kier molecular flexibility index (Phi) is 2.48. The number of carbonyl (C=O) groups is 1. The highest BCUT2D eigenvalue weighted by molar-refractivity contribution is 5.88. The molecule has 98 valence electrons. The summed E-state index contributed by atoms with van der Waals surface area (Å²) in [4.78, 5) is 11.5. The molecule has 0 atom stereocenters. The second kappa shape index (κ2) is 4.07. The van der Waals surface area contributed by atoms with Gasteiger partial charge in [-0.3, -0.25) is 0 Å². The quantitative estimate of drug-likeness (QED) is 0.683. The molecule has 5 nitrogen and oxygen atoms in total. The number of nitriles is 1. The first kappa shape index (κ1) is 12.2. The summed E-state index contributed by atoms with van der Waals surface area (Å²) in [5.41, 5.74) is 2.77. The predicted octanol–water partition coefficient (Wildman–Crippen LogP) is 1.86. The number of fused-ring (bicyclic) bond motifs is 3. The zero-order valence-corrected chi connectivity index (χ0v) is 11.1. The molecule has 0 fully saturated rings. The number of aromatic carboxylic acids is 1. The highest BCUT2D eigenvalue weighted by Crippen LogP contribution is 2.20. The van der Waals surface area contributed by atoms with Crippen molar-refractivity contribution in [1.29, 1.82) is 5.26 Å². The van der Waals surface area contributed by atoms with Crippen LogP contribution in [-0.2, 0) is 0 Å². The summed E-state index contributed by atoms with van der Waals surface area (Å²) in [6, 6.07) is 9.66. The van der Waals surface area contributed by atoms with E-state index in [2.05, 4.69) is 6.07 Å². The molecule has 3 aromatic rings. The third-order valence-corrected chi connectivity index (χ3v) is 3.53. The molecule has 2 aromatic heterocycles. The lowest BCUT2D eigenvalue weighted by Gasteiger charge is -2.04. The van der Waals surface area contributed by atoms with Crippen LogP contribution >= 0.6 is 0 Å². The van der Waals surface area contributed by atoms with Gasteiger partial charge in [-0.2, -0.15) is 5.26 Å². The molecule has 0 aliphatic rings. The Morgan fingerprint density at radius 2 is 2.05 bits per heavy atom. The van der Waals surface area contributed by atoms with E-state index in [0.717, 1.165) is 10.9 Å². The van der Waals surface area contributed by atoms with Crippen molar-refractivity contribution in [2.24, 2.45) is 0 Å². The molecule has 0 saturated heterocycles. The normalized spacial score (nSPS) is 10.8. The van der Waals surface area contributed by atoms with E-state index in [0.29, 0.717) is 16.8 Å². The zero-order valence-electron chi connectivity index (χ0n) is 11.1. The fourth-order valence-corrected chi connectivity index (χ4v) is 2.67. The van der Waals surface area contributed by atoms with Gasteiger partial charge in [0.1, 0.15) is 6.07 Å². The third kappa shape index (κ3) is 1.42. The summed E-state index contributed by atoms with van der Waals surface area (Å²) < 4.78 is 3.36. The molecule has 0 aliphatic carbocycles. The van der Waals surface area contributed by atoms with Gasteiger partial charge < -0.3 is 5.11 Å². The van der Waals surface area contributed by atoms with Gasteiger partial charge in [-0.05, 0) is 19.9 Å². The minimum atomic E-state index is -1.00. The third-order valence-electron chi connectivity index (χ3n) is 3.53. The van der Waals surface area contributed by atoms with Gasteiger partial charge in [0.15, 0.2) is 5.69 Å². The summed E-state index contributed by atoms with van der Waals surface area (Å²) in [7, 11) is 0. The molecule has 20 heavy (non-hydrogen) atoms. The second-order valence-corrected chi connectivity index (χ2v) is 4.71. The van der Waals surface area contributed by atoms with Crippen LogP contribution < -0.4 is 4.52 Å². The van der Waals surface area contributed by atoms with Gasteiger partial charge in [-0.1, -0.05) is 16.6 Å². The summed E-state index contributed by atoms with van der Waals surface area (Å²) in [6.45, 7) is 3.51. The highest BCUT2D eigenvalue weighted by atomic mass is 16.4. The van der Waals surface area contributed by atoms with E-state index in [4.69, 9.17) is 0 Å². The van der Waals surface area contributed by atoms with Crippen LogP contribution in [0.2, 0.25) is 0 Å². The Morgan fingerprint density at radius 1 is 1.35 bits per heavy atom. The van der Waals surface area contributed by atoms with Crippen molar-refractivity contribution < 1.29 is 14.4 Å². The Balaban J connectivity index is 2.69. The van der Waals surface area contributed by atoms with Crippen LogP contribution in [0.3, 0.4) is 0 Å². The maximum atomic E-state index is 11.5. The smallest absolute Gasteiger partial charge is 0.359 e. The summed E-state index contributed by atoms with van der Waals surface area (Å²) >= 11 is 0. The van der Waals surface area contributed by atoms with Crippen molar-refractivity contribution in [3.05, 3.63) is 53.0 Å². The maximum Gasteiger partial charge on any atom is 0.359 e. The van der Waals surface area contributed by atoms with Crippen molar-refractivity contribution in [1.82, 2.24) is 4.52 Å². The van der Waals surface area contributed by atoms with E-state index >= 15 is 0 Å². The van der Waals surface area contributed by atoms with Crippen molar-refractivity contribution in [3.63, 3.8) is 0 Å². The number of aryl methyl sites for hydroxylation is 2. The molecule has 0 unspecified atom stereocenters. The van der Waals surface area contributed by atoms with Gasteiger partial charge in [-0.25, -0.2) is 4.79 Å². The molecule has 0 bridgehead atoms. The SMILES string of the molecule is Cc1c[n+]2c3ccccc3c(C#N)c(C)n2c1C(=O)O. The molecule has 0 saturated carbocycles. The Labute approximate surface area is 114 Å². The largest absolute Gasteiger partial charge is 0.476 e. The molecule has 0 amide bonds. The number of para-hydroxylation sites is 1. The number of carboxylic acids is 1. The van der Waals surface area contributed by atoms with Crippen molar-refractivity contribution in [2.45, 2.75) is 13.8 Å². The van der Waals surface area contributed by atoms with Crippen LogP contribution in [0.15, 0.2) is 30.5 Å². The lowest BCUT2D eigenvalue weighted by molar-refractivity contribution is -0.591. The number of hydrogen-bond acceptors (Lipinski definition) is 2. The molecular weight excluding hydrogens is 254 g/mol. The summed E-state index contributed by atoms with van der Waals surface area (Å²) in [5, 5.41) is 19.6. The van der Waals surface area contributed by atoms with Crippen LogP contribution in [0.25, 0.3) is 10.9 Å². The Hall–Kier alpha value is -2.87. The van der Waals surface area contributed by atoms with Gasteiger partial charge in [0.2, 0.25) is 11.7 Å². The molecule has 5 heteroatoms. The number of benzene rings is 1. The van der Waals surface area contributed by atoms with Crippen molar-refractivity contribution >= 4 is 16.9 Å². The molecule has 0 radical (unpaired) electrons. The predicted molar refractivity (Wildman–Crippen MR) is 71.7 cm³/mol. The standard InChI is InChI=1S/C15H11N3O2/c1-9-8-17-13-6-4-3-5-11(13)12(7-16)10(2)18(17)14(9)15(19)20/h3-6,8H,1-2H3/p+1. The minimum absolute atomic E-state index is 0.185. The average Bonchev–Trinajstić information content (AvgIpc) is 2.77. The van der Waals surface area contributed by atoms with Crippen LogP contribution in [-0.4, -0.2) is 15.6 Å². The van der Waals surface area contributed by atoms with E-state index in [1.807, 2.05) is 24.3 Å². The lowest BCUT2D eigenvalue weighted by Crippen LogP contribution is -2.32. The first-order valence-corrected chi connectivity index (χ1v) is 6.15. The van der Waals surface area contributed by atoms with E-state index in [1.165, 1.54) is 0 Å². The monoisotopic (exact) mass is 266 g/mol. The van der Waals surface area contributed by atoms with Crippen LogP contribution in [0.5, 0.6) is 0 Å². The highest BCUT2D eigenvalue weighted by Gasteiger charge is 2.26. The number of carboxylic acid groups (broad SMARTS) is 1. The maximum absolute atomic E-state index is 11.5. The molecule has 1 N–H and O–H groups in total. The number of hydrogen-bond donors (Lipinski definition) is 1. The molecule has 3 rings (SSSR count). The number of rotatable bonds is 1. The second-order valence-electron chi connectivity index (χ2n) is 4.71.